The van der Waals surface area contributed by atoms with Gasteiger partial charge in [-0.15, -0.1) is 0 Å². The smallest absolute Gasteiger partial charge is 0.163 e. The zero-order valence-electron chi connectivity index (χ0n) is 14.8. The summed E-state index contributed by atoms with van der Waals surface area (Å²) < 4.78 is 28.4. The number of methoxy groups -OCH3 is 2. The van der Waals surface area contributed by atoms with Crippen molar-refractivity contribution in [1.29, 1.82) is 0 Å². The minimum absolute atomic E-state index is 0. The second-order valence-corrected chi connectivity index (χ2v) is 6.08. The first-order valence-corrected chi connectivity index (χ1v) is 7.78. The van der Waals surface area contributed by atoms with Gasteiger partial charge in [0.05, 0.1) is 31.5 Å². The van der Waals surface area contributed by atoms with Crippen LogP contribution in [0.3, 0.4) is 0 Å². The number of rotatable bonds is 5. The summed E-state index contributed by atoms with van der Waals surface area (Å²) in [6.45, 7) is 4.08. The van der Waals surface area contributed by atoms with E-state index < -0.39 is 18.5 Å². The standard InChI is InChI=1S/C15H28O7.2Ac/c1-8-11(17)5-10(6-16)21-15(8)22-13-9(2)20-7-12(18-3)14(13)19-4;;/h8-17H,5-7H2,1-4H3;;/t8?,9?,10?,11?,12?,13-,14?,15-;;/m0../s1. The van der Waals surface area contributed by atoms with Crippen molar-refractivity contribution in [2.45, 2.75) is 63.2 Å². The van der Waals surface area contributed by atoms with E-state index in [2.05, 4.69) is 0 Å². The van der Waals surface area contributed by atoms with Crippen molar-refractivity contribution in [3.05, 3.63) is 0 Å². The molecule has 0 amide bonds. The zero-order chi connectivity index (χ0) is 16.3. The molecule has 9 heteroatoms. The minimum Gasteiger partial charge on any atom is -0.394 e. The first-order chi connectivity index (χ1) is 10.5. The van der Waals surface area contributed by atoms with Crippen molar-refractivity contribution in [3.63, 3.8) is 0 Å². The maximum atomic E-state index is 10.1. The van der Waals surface area contributed by atoms with E-state index >= 15 is 0 Å². The molecule has 2 N–H and O–H groups in total. The summed E-state index contributed by atoms with van der Waals surface area (Å²) in [6.07, 6.45) is -2.27. The molecule has 0 aromatic heterocycles. The van der Waals surface area contributed by atoms with Crippen LogP contribution in [0, 0.1) is 94.0 Å². The Kier molecular flexibility index (Phi) is 14.3. The Balaban J connectivity index is 0.00000264. The predicted molar refractivity (Wildman–Crippen MR) is 77.4 cm³/mol. The van der Waals surface area contributed by atoms with E-state index in [9.17, 15) is 10.2 Å². The molecular weight excluding hydrogens is 746 g/mol. The monoisotopic (exact) mass is 774 g/mol. The zero-order valence-corrected chi connectivity index (χ0v) is 24.3. The fraction of sp³-hybridized carbons (Fsp3) is 1.00. The fourth-order valence-corrected chi connectivity index (χ4v) is 3.05. The van der Waals surface area contributed by atoms with E-state index in [0.29, 0.717) is 13.0 Å². The van der Waals surface area contributed by atoms with Gasteiger partial charge in [0.1, 0.15) is 18.3 Å². The summed E-state index contributed by atoms with van der Waals surface area (Å²) in [5, 5.41) is 19.4. The molecule has 6 unspecified atom stereocenters. The molecule has 0 aromatic rings. The molecule has 0 spiro atoms. The third-order valence-corrected chi connectivity index (χ3v) is 4.61. The summed E-state index contributed by atoms with van der Waals surface area (Å²) in [7, 11) is 3.22. The molecule has 0 aliphatic carbocycles. The van der Waals surface area contributed by atoms with E-state index in [-0.39, 0.29) is 125 Å². The summed E-state index contributed by atoms with van der Waals surface area (Å²) >= 11 is 0. The number of ether oxygens (including phenoxy) is 5. The molecule has 7 nitrogen and oxygen atoms in total. The van der Waals surface area contributed by atoms with Crippen LogP contribution in [-0.2, 0) is 23.7 Å². The Morgan fingerprint density at radius 3 is 2.29 bits per heavy atom. The largest absolute Gasteiger partial charge is 0.394 e. The van der Waals surface area contributed by atoms with Crippen LogP contribution in [0.25, 0.3) is 0 Å². The van der Waals surface area contributed by atoms with Gasteiger partial charge in [-0.3, -0.25) is 0 Å². The van der Waals surface area contributed by atoms with Crippen LogP contribution >= 0.6 is 0 Å². The molecule has 0 bridgehead atoms. The van der Waals surface area contributed by atoms with Gasteiger partial charge in [0.2, 0.25) is 0 Å². The third kappa shape index (κ3) is 6.59. The van der Waals surface area contributed by atoms with Crippen molar-refractivity contribution < 1.29 is 122 Å². The normalized spacial score (nSPS) is 42.8. The number of aliphatic hydroxyl groups is 2. The Bertz CT molecular complexity index is 350. The van der Waals surface area contributed by atoms with Gasteiger partial charge in [0, 0.05) is 115 Å². The van der Waals surface area contributed by atoms with Gasteiger partial charge in [-0.1, -0.05) is 6.92 Å². The molecule has 136 valence electrons. The van der Waals surface area contributed by atoms with Crippen LogP contribution < -0.4 is 0 Å². The second-order valence-electron chi connectivity index (χ2n) is 6.08. The van der Waals surface area contributed by atoms with Crippen LogP contribution in [0.15, 0.2) is 0 Å². The molecule has 2 heterocycles. The summed E-state index contributed by atoms with van der Waals surface area (Å²) in [5.41, 5.74) is 0. The van der Waals surface area contributed by atoms with Gasteiger partial charge in [-0.25, -0.2) is 0 Å². The number of aliphatic hydroxyl groups excluding tert-OH is 2. The molecular formula is C15H28Ac2O7. The van der Waals surface area contributed by atoms with Gasteiger partial charge in [0.15, 0.2) is 6.29 Å². The van der Waals surface area contributed by atoms with Crippen molar-refractivity contribution in [3.8, 4) is 0 Å². The van der Waals surface area contributed by atoms with E-state index in [1.807, 2.05) is 13.8 Å². The molecule has 2 aliphatic rings. The molecule has 2 aliphatic heterocycles. The van der Waals surface area contributed by atoms with Gasteiger partial charge in [-0.05, 0) is 6.92 Å². The van der Waals surface area contributed by atoms with E-state index in [0.717, 1.165) is 0 Å². The molecule has 8 atom stereocenters. The summed E-state index contributed by atoms with van der Waals surface area (Å²) in [5.74, 6) is -0.199. The molecule has 2 rings (SSSR count). The van der Waals surface area contributed by atoms with E-state index in [1.54, 1.807) is 14.2 Å². The molecule has 2 fully saturated rings. The van der Waals surface area contributed by atoms with E-state index in [4.69, 9.17) is 23.7 Å². The predicted octanol–water partition coefficient (Wildman–Crippen LogP) is -0.0754. The second kappa shape index (κ2) is 12.9. The maximum Gasteiger partial charge on any atom is 0.163 e. The van der Waals surface area contributed by atoms with Crippen molar-refractivity contribution >= 4 is 0 Å². The minimum atomic E-state index is -0.620. The SMILES string of the molecule is COC1COC(C)[C@H](O[C@@H]2OC(CO)CC(O)C2C)C1OC.[Ac].[Ac]. The molecule has 2 saturated heterocycles. The molecule has 0 saturated carbocycles. The third-order valence-electron chi connectivity index (χ3n) is 4.61. The average molecular weight is 774 g/mol. The summed E-state index contributed by atoms with van der Waals surface area (Å²) in [6, 6.07) is 0. The number of hydrogen-bond donors (Lipinski definition) is 2. The molecule has 2 radical (unpaired) electrons. The average Bonchev–Trinajstić information content (AvgIpc) is 2.52. The molecule has 24 heavy (non-hydrogen) atoms. The van der Waals surface area contributed by atoms with Gasteiger partial charge in [0.25, 0.3) is 0 Å². The Morgan fingerprint density at radius 1 is 1.08 bits per heavy atom. The van der Waals surface area contributed by atoms with Gasteiger partial charge >= 0.3 is 0 Å². The van der Waals surface area contributed by atoms with Crippen molar-refractivity contribution in [1.82, 2.24) is 0 Å². The Hall–Kier alpha value is 2.60. The van der Waals surface area contributed by atoms with E-state index in [1.165, 1.54) is 0 Å². The first-order valence-electron chi connectivity index (χ1n) is 7.78. The Labute approximate surface area is 215 Å². The van der Waals surface area contributed by atoms with Crippen LogP contribution in [0.5, 0.6) is 0 Å². The maximum absolute atomic E-state index is 10.1. The quantitative estimate of drug-likeness (QED) is 0.405. The topological polar surface area (TPSA) is 86.6 Å². The van der Waals surface area contributed by atoms with Gasteiger partial charge < -0.3 is 33.9 Å². The van der Waals surface area contributed by atoms with Crippen LogP contribution in [0.2, 0.25) is 0 Å². The number of hydrogen-bond acceptors (Lipinski definition) is 7. The van der Waals surface area contributed by atoms with Crippen LogP contribution in [0.1, 0.15) is 20.3 Å². The summed E-state index contributed by atoms with van der Waals surface area (Å²) in [4.78, 5) is 0. The van der Waals surface area contributed by atoms with Crippen LogP contribution in [-0.4, -0.2) is 80.6 Å². The van der Waals surface area contributed by atoms with Crippen molar-refractivity contribution in [2.75, 3.05) is 27.4 Å². The fourth-order valence-electron chi connectivity index (χ4n) is 3.05. The molecule has 0 aromatic carbocycles. The van der Waals surface area contributed by atoms with Crippen LogP contribution in [0.4, 0.5) is 0 Å². The first kappa shape index (κ1) is 26.6. The Morgan fingerprint density at radius 2 is 1.75 bits per heavy atom. The van der Waals surface area contributed by atoms with Crippen molar-refractivity contribution in [2.24, 2.45) is 5.92 Å². The van der Waals surface area contributed by atoms with Gasteiger partial charge in [-0.2, -0.15) is 0 Å².